The minimum Gasteiger partial charge on any atom is -0.372 e. The van der Waals surface area contributed by atoms with Crippen molar-refractivity contribution in [1.82, 2.24) is 10.2 Å². The summed E-state index contributed by atoms with van der Waals surface area (Å²) in [6.07, 6.45) is 0. The Kier molecular flexibility index (Phi) is 4.34. The van der Waals surface area contributed by atoms with Crippen molar-refractivity contribution in [3.63, 3.8) is 0 Å². The molecule has 98 valence electrons. The number of rotatable bonds is 3. The average molecular weight is 342 g/mol. The van der Waals surface area contributed by atoms with Crippen LogP contribution in [-0.2, 0) is 0 Å². The molecule has 19 heavy (non-hydrogen) atoms. The van der Waals surface area contributed by atoms with Gasteiger partial charge in [-0.2, -0.15) is 0 Å². The first-order chi connectivity index (χ1) is 9.10. The predicted molar refractivity (Wildman–Crippen MR) is 78.7 cm³/mol. The van der Waals surface area contributed by atoms with Gasteiger partial charge >= 0.3 is 0 Å². The number of nitrogens with zero attached hydrogens (tertiary/aromatic N) is 2. The zero-order chi connectivity index (χ0) is 13.8. The van der Waals surface area contributed by atoms with Crippen molar-refractivity contribution in [2.24, 2.45) is 0 Å². The first kappa shape index (κ1) is 13.8. The van der Waals surface area contributed by atoms with Gasteiger partial charge in [0, 0.05) is 17.2 Å². The maximum atomic E-state index is 11.9. The van der Waals surface area contributed by atoms with Crippen LogP contribution in [0.3, 0.4) is 0 Å². The molecule has 0 bridgehead atoms. The van der Waals surface area contributed by atoms with E-state index >= 15 is 0 Å². The smallest absolute Gasteiger partial charge is 0.276 e. The summed E-state index contributed by atoms with van der Waals surface area (Å²) in [5.74, 6) is 0.261. The van der Waals surface area contributed by atoms with Crippen molar-refractivity contribution in [3.05, 3.63) is 45.5 Å². The Labute approximate surface area is 123 Å². The maximum Gasteiger partial charge on any atom is 0.276 e. The number of halogens is 2. The summed E-state index contributed by atoms with van der Waals surface area (Å²) in [5, 5.41) is 13.7. The lowest BCUT2D eigenvalue weighted by Crippen LogP contribution is -2.14. The number of nitrogens with one attached hydrogen (secondary N) is 2. The molecule has 2 rings (SSSR count). The molecule has 1 amide bonds. The molecule has 7 heteroatoms. The highest BCUT2D eigenvalue weighted by Gasteiger charge is 2.09. The second-order valence-corrected chi connectivity index (χ2v) is 4.90. The second-order valence-electron chi connectivity index (χ2n) is 3.64. The summed E-state index contributed by atoms with van der Waals surface area (Å²) in [7, 11) is 1.73. The van der Waals surface area contributed by atoms with Gasteiger partial charge in [0.05, 0.1) is 5.02 Å². The number of hydrogen-bond donors (Lipinski definition) is 2. The molecule has 2 aromatic rings. The molecule has 1 aromatic heterocycles. The number of anilines is 2. The highest BCUT2D eigenvalue weighted by atomic mass is 79.9. The molecule has 0 aliphatic rings. The van der Waals surface area contributed by atoms with Gasteiger partial charge in [-0.1, -0.05) is 11.6 Å². The molecular formula is C12H10BrClN4O. The van der Waals surface area contributed by atoms with Crippen molar-refractivity contribution in [3.8, 4) is 0 Å². The monoisotopic (exact) mass is 340 g/mol. The van der Waals surface area contributed by atoms with Crippen molar-refractivity contribution >= 4 is 44.9 Å². The zero-order valence-electron chi connectivity index (χ0n) is 9.95. The molecular weight excluding hydrogens is 332 g/mol. The normalized spacial score (nSPS) is 10.1. The van der Waals surface area contributed by atoms with Crippen LogP contribution in [-0.4, -0.2) is 23.2 Å². The first-order valence-corrected chi connectivity index (χ1v) is 6.55. The molecule has 0 aliphatic heterocycles. The van der Waals surface area contributed by atoms with Crippen LogP contribution in [0.25, 0.3) is 0 Å². The van der Waals surface area contributed by atoms with Crippen LogP contribution in [0.2, 0.25) is 5.02 Å². The molecule has 0 fully saturated rings. The van der Waals surface area contributed by atoms with Gasteiger partial charge in [0.1, 0.15) is 5.82 Å². The molecule has 0 aliphatic carbocycles. The number of amides is 1. The van der Waals surface area contributed by atoms with E-state index in [0.29, 0.717) is 16.5 Å². The van der Waals surface area contributed by atoms with E-state index < -0.39 is 0 Å². The Balaban J connectivity index is 2.13. The van der Waals surface area contributed by atoms with Gasteiger partial charge in [-0.25, -0.2) is 0 Å². The van der Waals surface area contributed by atoms with E-state index in [1.807, 2.05) is 0 Å². The molecule has 1 aromatic carbocycles. The Morgan fingerprint density at radius 3 is 2.63 bits per heavy atom. The van der Waals surface area contributed by atoms with E-state index in [9.17, 15) is 4.79 Å². The lowest BCUT2D eigenvalue weighted by molar-refractivity contribution is 0.102. The topological polar surface area (TPSA) is 66.9 Å². The Bertz CT molecular complexity index is 603. The quantitative estimate of drug-likeness (QED) is 0.900. The summed E-state index contributed by atoms with van der Waals surface area (Å²) in [4.78, 5) is 11.9. The van der Waals surface area contributed by atoms with Crippen molar-refractivity contribution < 1.29 is 4.79 Å². The fraction of sp³-hybridized carbons (Fsp3) is 0.0833. The fourth-order valence-corrected chi connectivity index (χ4v) is 1.78. The first-order valence-electron chi connectivity index (χ1n) is 5.38. The minimum atomic E-state index is -0.339. The van der Waals surface area contributed by atoms with Gasteiger partial charge in [-0.3, -0.25) is 4.79 Å². The number of benzene rings is 1. The molecule has 5 nitrogen and oxygen atoms in total. The van der Waals surface area contributed by atoms with E-state index in [1.165, 1.54) is 0 Å². The summed E-state index contributed by atoms with van der Waals surface area (Å²) in [6, 6.07) is 8.42. The molecule has 2 N–H and O–H groups in total. The van der Waals surface area contributed by atoms with E-state index in [0.717, 1.165) is 4.47 Å². The van der Waals surface area contributed by atoms with Crippen LogP contribution >= 0.6 is 27.5 Å². The van der Waals surface area contributed by atoms with Crippen LogP contribution in [0.4, 0.5) is 11.5 Å². The Morgan fingerprint density at radius 2 is 2.05 bits per heavy atom. The van der Waals surface area contributed by atoms with Crippen LogP contribution in [0.15, 0.2) is 34.8 Å². The van der Waals surface area contributed by atoms with Gasteiger partial charge in [-0.15, -0.1) is 10.2 Å². The standard InChI is InChI=1S/C12H10BrClN4O/c1-15-11-5-4-10(17-18-11)12(19)16-7-2-3-8(13)9(14)6-7/h2-6H,1H3,(H,15,18)(H,16,19). The van der Waals surface area contributed by atoms with Crippen molar-refractivity contribution in [2.45, 2.75) is 0 Å². The van der Waals surface area contributed by atoms with Gasteiger partial charge in [0.25, 0.3) is 5.91 Å². The summed E-state index contributed by atoms with van der Waals surface area (Å²) in [6.45, 7) is 0. The van der Waals surface area contributed by atoms with Gasteiger partial charge in [-0.05, 0) is 46.3 Å². The van der Waals surface area contributed by atoms with E-state index in [1.54, 1.807) is 37.4 Å². The molecule has 0 spiro atoms. The fourth-order valence-electron chi connectivity index (χ4n) is 1.36. The van der Waals surface area contributed by atoms with Gasteiger partial charge in [0.2, 0.25) is 0 Å². The average Bonchev–Trinajstić information content (AvgIpc) is 2.43. The number of hydrogen-bond acceptors (Lipinski definition) is 4. The van der Waals surface area contributed by atoms with Crippen LogP contribution in [0, 0.1) is 0 Å². The summed E-state index contributed by atoms with van der Waals surface area (Å²) in [5.41, 5.74) is 0.829. The second kappa shape index (κ2) is 5.99. The molecule has 0 saturated heterocycles. The Hall–Kier alpha value is -1.66. The predicted octanol–water partition coefficient (Wildman–Crippen LogP) is 3.19. The highest BCUT2D eigenvalue weighted by Crippen LogP contribution is 2.25. The molecule has 1 heterocycles. The number of aromatic nitrogens is 2. The maximum absolute atomic E-state index is 11.9. The SMILES string of the molecule is CNc1ccc(C(=O)Nc2ccc(Br)c(Cl)c2)nn1. The van der Waals surface area contributed by atoms with Crippen molar-refractivity contribution in [2.75, 3.05) is 17.7 Å². The lowest BCUT2D eigenvalue weighted by Gasteiger charge is -2.06. The summed E-state index contributed by atoms with van der Waals surface area (Å²) < 4.78 is 0.769. The number of carbonyl (C=O) groups excluding carboxylic acids is 1. The molecule has 0 unspecified atom stereocenters. The summed E-state index contributed by atoms with van der Waals surface area (Å²) >= 11 is 9.23. The number of carbonyl (C=O) groups is 1. The van der Waals surface area contributed by atoms with Crippen molar-refractivity contribution in [1.29, 1.82) is 0 Å². The minimum absolute atomic E-state index is 0.234. The molecule has 0 atom stereocenters. The highest BCUT2D eigenvalue weighted by molar-refractivity contribution is 9.10. The third kappa shape index (κ3) is 3.42. The third-order valence-corrected chi connectivity index (χ3v) is 3.56. The zero-order valence-corrected chi connectivity index (χ0v) is 12.3. The van der Waals surface area contributed by atoms with Crippen LogP contribution < -0.4 is 10.6 Å². The lowest BCUT2D eigenvalue weighted by atomic mass is 10.3. The van der Waals surface area contributed by atoms with Gasteiger partial charge < -0.3 is 10.6 Å². The molecule has 0 radical (unpaired) electrons. The van der Waals surface area contributed by atoms with E-state index in [4.69, 9.17) is 11.6 Å². The van der Waals surface area contributed by atoms with Crippen LogP contribution in [0.5, 0.6) is 0 Å². The van der Waals surface area contributed by atoms with E-state index in [-0.39, 0.29) is 11.6 Å². The van der Waals surface area contributed by atoms with Gasteiger partial charge in [0.15, 0.2) is 5.69 Å². The Morgan fingerprint density at radius 1 is 1.26 bits per heavy atom. The van der Waals surface area contributed by atoms with Crippen LogP contribution in [0.1, 0.15) is 10.5 Å². The largest absolute Gasteiger partial charge is 0.372 e. The van der Waals surface area contributed by atoms with E-state index in [2.05, 4.69) is 36.8 Å². The molecule has 0 saturated carbocycles. The third-order valence-electron chi connectivity index (χ3n) is 2.33.